The maximum Gasteiger partial charge on any atom is 0.315 e. The third-order valence-electron chi connectivity index (χ3n) is 18.1. The van der Waals surface area contributed by atoms with Crippen molar-refractivity contribution in [2.75, 3.05) is 81.9 Å². The molecule has 63 heteroatoms. The molecule has 0 aliphatic carbocycles. The number of amides is 4. The second-order valence-corrected chi connectivity index (χ2v) is 31.0. The van der Waals surface area contributed by atoms with Crippen molar-refractivity contribution in [2.24, 2.45) is 0 Å². The smallest absolute Gasteiger partial charge is 0.315 e. The van der Waals surface area contributed by atoms with Crippen LogP contribution in [0.15, 0.2) is 0 Å². The van der Waals surface area contributed by atoms with Crippen LogP contribution in [0.25, 0.3) is 0 Å². The Bertz CT molecular complexity index is 3350. The van der Waals surface area contributed by atoms with Crippen LogP contribution in [0.2, 0.25) is 0 Å². The van der Waals surface area contributed by atoms with Crippen molar-refractivity contribution in [3.8, 4) is 0 Å². The van der Waals surface area contributed by atoms with Crippen molar-refractivity contribution in [1.82, 2.24) is 21.3 Å². The van der Waals surface area contributed by atoms with E-state index >= 15 is 0 Å². The zero-order valence-electron chi connectivity index (χ0n) is 60.9. The van der Waals surface area contributed by atoms with E-state index in [0.717, 1.165) is 68.4 Å². The van der Waals surface area contributed by atoms with Crippen molar-refractivity contribution in [3.63, 3.8) is 0 Å². The number of carbonyl (C=O) groups is 5. The van der Waals surface area contributed by atoms with Gasteiger partial charge in [-0.15, -0.1) is 17.3 Å². The zero-order chi connectivity index (χ0) is 85.0. The largest absolute Gasteiger partial charge is 0.726 e. The first-order valence-corrected chi connectivity index (χ1v) is 41.3. The summed E-state index contributed by atoms with van der Waals surface area (Å²) in [5.41, 5.74) is 0. The summed E-state index contributed by atoms with van der Waals surface area (Å²) in [6.45, 7) is -3.78. The number of thioether (sulfide) groups is 1. The lowest BCUT2D eigenvalue weighted by Crippen LogP contribution is -2.71. The minimum Gasteiger partial charge on any atom is -0.726 e. The molecule has 0 aromatic carbocycles. The van der Waals surface area contributed by atoms with E-state index in [2.05, 4.69) is 71.3 Å². The van der Waals surface area contributed by atoms with E-state index in [-0.39, 0.29) is 79.7 Å². The molecule has 7 aliphatic rings. The van der Waals surface area contributed by atoms with Gasteiger partial charge in [0.25, 0.3) is 0 Å². The third kappa shape index (κ3) is 29.4. The van der Waals surface area contributed by atoms with Crippen LogP contribution < -0.4 is 52.5 Å². The number of rotatable bonds is 54. The van der Waals surface area contributed by atoms with Crippen LogP contribution >= 0.6 is 61.1 Å². The lowest BCUT2D eigenvalue weighted by molar-refractivity contribution is -0.778. The summed E-state index contributed by atoms with van der Waals surface area (Å²) in [5.74, 6) is -4.61. The fraction of sp³-hybridized carbons (Fsp3) is 0.906. The fourth-order valence-corrected chi connectivity index (χ4v) is 17.2. The lowest BCUT2D eigenvalue weighted by Gasteiger charge is -2.52. The third-order valence-corrected chi connectivity index (χ3v) is 22.5. The molecule has 55 nitrogen and oxygen atoms in total. The number of aliphatic carboxylic acids is 2. The number of fused-ring (bicyclic) bond motifs is 1. The van der Waals surface area contributed by atoms with Crippen LogP contribution in [0.3, 0.4) is 0 Å². The Morgan fingerprint density at radius 2 is 0.845 bits per heavy atom. The molecule has 116 heavy (non-hydrogen) atoms. The van der Waals surface area contributed by atoms with E-state index in [1.165, 1.54) is 0 Å². The molecule has 0 saturated carbocycles. The molecule has 0 aromatic rings. The van der Waals surface area contributed by atoms with Crippen LogP contribution in [0.4, 0.5) is 4.79 Å². The number of urea groups is 1. The second-order valence-electron chi connectivity index (χ2n) is 24.7. The van der Waals surface area contributed by atoms with Crippen LogP contribution in [0.5, 0.6) is 0 Å². The van der Waals surface area contributed by atoms with Crippen LogP contribution in [0, 0.1) is 0 Å². The Labute approximate surface area is 680 Å². The first-order chi connectivity index (χ1) is 55.3. The van der Waals surface area contributed by atoms with Crippen LogP contribution in [0.1, 0.15) is 51.4 Å². The van der Waals surface area contributed by atoms with Gasteiger partial charge >= 0.3 is 6.03 Å². The van der Waals surface area contributed by atoms with Gasteiger partial charge in [-0.25, -0.2) is 30.0 Å². The topological polar surface area (TPSA) is 730 Å². The van der Waals surface area contributed by atoms with Gasteiger partial charge in [-0.3, -0.25) is 59.0 Å². The summed E-state index contributed by atoms with van der Waals surface area (Å²) < 4.78 is 255. The first kappa shape index (κ1) is 100. The molecule has 0 aromatic heterocycles. The Balaban J connectivity index is 1.16. The van der Waals surface area contributed by atoms with Crippen LogP contribution in [-0.2, 0) is 193 Å². The maximum absolute atomic E-state index is 14.0. The maximum atomic E-state index is 14.0. The van der Waals surface area contributed by atoms with E-state index < -0.39 is 247 Å². The molecule has 7 fully saturated rings. The van der Waals surface area contributed by atoms with Gasteiger partial charge in [0, 0.05) is 80.2 Å². The normalized spacial score (nSPS) is 35.0. The van der Waals surface area contributed by atoms with Crippen molar-refractivity contribution in [1.29, 1.82) is 0 Å². The number of hydrogen-bond acceptors (Lipinski definition) is 56. The SMILES string of the molecule is COC1C(OC)[C@H](O[C@H]2O[C@@H](COS(=O)(=O)[O-])[C@@H](O[C@@H]3OC(C(=O)[O-])[C@@H](O[C@H]4OC(COS(=O)(=O)[O-])[C@@H](OC)[C@H](OC)C4NC(=O)CCCCCNC(=O)CCCCC4SCC5NC(=O)NC54)[C@H](OC)C3OC)C(OSOO[O-])C2OSOO[O-])[C@H](C(=O)[O-])O[C@H]1O[C@@H]1C(COS(=O)(=O)[O-])O[C@H](OC)C(OSOO[O-])[C@H]1OSOO[O-]. The van der Waals surface area contributed by atoms with E-state index in [1.807, 2.05) is 0 Å². The highest BCUT2D eigenvalue weighted by molar-refractivity contribution is 8.00. The van der Waals surface area contributed by atoms with E-state index in [4.69, 9.17) is 92.5 Å². The Morgan fingerprint density at radius 1 is 0.448 bits per heavy atom. The average molecular weight is 1840 g/mol. The van der Waals surface area contributed by atoms with Gasteiger partial charge in [-0.05, 0) is 25.7 Å². The molecule has 674 valence electrons. The molecule has 0 bridgehead atoms. The minimum atomic E-state index is -5.89. The van der Waals surface area contributed by atoms with E-state index in [0.29, 0.717) is 19.3 Å². The zero-order valence-corrected chi connectivity index (χ0v) is 67.5. The average Bonchev–Trinajstić information content (AvgIpc) is 1.01. The molecule has 28 atom stereocenters. The number of carboxylic acids is 2. The Hall–Kier alpha value is -2.77. The molecule has 0 spiro atoms. The van der Waals surface area contributed by atoms with Crippen LogP contribution in [-0.4, -0.2) is 321 Å². The quantitative estimate of drug-likeness (QED) is 0.00835. The summed E-state index contributed by atoms with van der Waals surface area (Å²) in [7, 11) is -10.2. The van der Waals surface area contributed by atoms with Gasteiger partial charge in [0.15, 0.2) is 93.0 Å². The van der Waals surface area contributed by atoms with Crippen molar-refractivity contribution < 1.29 is 237 Å². The number of unbranched alkanes of at least 4 members (excludes halogenated alkanes) is 3. The lowest BCUT2D eigenvalue weighted by atomic mass is 9.94. The molecule has 7 saturated heterocycles. The van der Waals surface area contributed by atoms with Gasteiger partial charge in [0.05, 0.1) is 43.8 Å². The fourth-order valence-electron chi connectivity index (χ4n) is 13.3. The highest BCUT2D eigenvalue weighted by Gasteiger charge is 2.61. The summed E-state index contributed by atoms with van der Waals surface area (Å²) in [6, 6.07) is -1.71. The van der Waals surface area contributed by atoms with Gasteiger partial charge in [-0.2, -0.15) is 11.8 Å². The predicted molar refractivity (Wildman–Crippen MR) is 347 cm³/mol. The van der Waals surface area contributed by atoms with Gasteiger partial charge in [0.2, 0.25) is 43.0 Å². The Kier molecular flexibility index (Phi) is 42.9. The first-order valence-electron chi connectivity index (χ1n) is 33.6. The molecule has 7 aliphatic heterocycles. The number of carbonyl (C=O) groups excluding carboxylic acids is 5. The van der Waals surface area contributed by atoms with Gasteiger partial charge < -0.3 is 152 Å². The summed E-state index contributed by atoms with van der Waals surface area (Å²) >= 11 is 0.419. The number of nitrogens with one attached hydrogen (secondary N) is 4. The highest BCUT2D eigenvalue weighted by Crippen LogP contribution is 2.43. The summed E-state index contributed by atoms with van der Waals surface area (Å²) in [5, 5.41) is 96.3. The van der Waals surface area contributed by atoms with Gasteiger partial charge in [0.1, 0.15) is 110 Å². The molecule has 7 heterocycles. The van der Waals surface area contributed by atoms with Crippen molar-refractivity contribution in [3.05, 3.63) is 0 Å². The number of carboxylic acid groups (broad SMARTS) is 2. The predicted octanol–water partition coefficient (Wildman–Crippen LogP) is -10.6. The standard InChI is InChI=1S/C53H88N4O51S8/c1-78-30-22(17-85-114(69,70)71)88-48(29(33(30)79-2)56-27(59)15-9-8-12-16-54-26(58)14-11-10-13-25-28-21(20-109-25)55-53(64)57-28)93-36-34(80-3)42(82-5)50(95-40(36)46(60)61)92-32-24(19-87-116(75,76)77)90-52(45(100-113-108-104-68)39(32)98-111-106-102-66)94-37-35(81-4)43(83-6)51(96-41(37)47(62)63)91-31-23(18-86-115(72,73)74)89-49(84-7)44(99-112-107-103-67)38(31)97-110-105-101-65/h21-25,28-45,48-52,65-68H,8-20H2,1-7H3,(H,54,58)(H,56,59)(H,60,61)(H,62,63)(H2,55,57,64)(H,69,70,71)(H,72,73,74)(H,75,76,77)/p-9/t21?,22?,23?,24-,25?,28?,29?,30+,31+,32+,33+,34-,35?,36-,37-,38-,39?,40?,41+,42?,43?,44?,45?,48+,49-,50+,51+,52+/m0/s1. The minimum absolute atomic E-state index is 0.0293. The molecule has 7 rings (SSSR count). The molecule has 13 unspecified atom stereocenters. The van der Waals surface area contributed by atoms with E-state index in [1.54, 1.807) is 11.8 Å². The molecular formula is C53H79N4O51S8-9. The van der Waals surface area contributed by atoms with Crippen molar-refractivity contribution >= 4 is 122 Å². The Morgan fingerprint density at radius 3 is 1.28 bits per heavy atom. The highest BCUT2D eigenvalue weighted by atomic mass is 32.3. The van der Waals surface area contributed by atoms with Gasteiger partial charge in [-0.1, -0.05) is 12.8 Å². The number of hydrogen-bond donors (Lipinski definition) is 4. The number of ether oxygens (including phenoxy) is 16. The summed E-state index contributed by atoms with van der Waals surface area (Å²) in [6.07, 6.45) is -47.4. The monoisotopic (exact) mass is 1840 g/mol. The molecule has 0 radical (unpaired) electrons. The van der Waals surface area contributed by atoms with E-state index in [9.17, 15) is 94.1 Å². The summed E-state index contributed by atoms with van der Waals surface area (Å²) in [4.78, 5) is 65.5. The molecule has 4 amide bonds. The van der Waals surface area contributed by atoms with Crippen molar-refractivity contribution in [2.45, 2.75) is 222 Å². The number of methoxy groups -OCH3 is 7. The second kappa shape index (κ2) is 49.7. The molecule has 4 N–H and O–H groups in total. The molecular weight excluding hydrogens is 1770 g/mol.